The van der Waals surface area contributed by atoms with E-state index in [1.807, 2.05) is 4.57 Å². The van der Waals surface area contributed by atoms with Crippen molar-refractivity contribution in [3.05, 3.63) is 41.3 Å². The molecule has 1 amide bonds. The zero-order chi connectivity index (χ0) is 23.6. The summed E-state index contributed by atoms with van der Waals surface area (Å²) < 4.78 is 75.8. The zero-order valence-electron chi connectivity index (χ0n) is 17.1. The normalized spacial score (nSPS) is 30.2. The Hall–Kier alpha value is -2.24. The van der Waals surface area contributed by atoms with Gasteiger partial charge in [0.05, 0.1) is 35.3 Å². The number of aromatic nitrogens is 2. The Bertz CT molecular complexity index is 1060. The van der Waals surface area contributed by atoms with Gasteiger partial charge in [0.15, 0.2) is 0 Å². The van der Waals surface area contributed by atoms with Crippen LogP contribution in [0.25, 0.3) is 11.3 Å². The smallest absolute Gasteiger partial charge is 0.368 e. The van der Waals surface area contributed by atoms with Crippen molar-refractivity contribution in [2.24, 2.45) is 0 Å². The molecule has 12 heteroatoms. The van der Waals surface area contributed by atoms with E-state index in [0.29, 0.717) is 19.3 Å². The van der Waals surface area contributed by atoms with E-state index in [0.717, 1.165) is 12.1 Å². The van der Waals surface area contributed by atoms with Gasteiger partial charge in [0.25, 0.3) is 0 Å². The minimum Gasteiger partial charge on any atom is -0.368 e. The van der Waals surface area contributed by atoms with E-state index in [1.54, 1.807) is 6.20 Å². The number of carbonyl (C=O) groups is 1. The molecule has 2 bridgehead atoms. The van der Waals surface area contributed by atoms with Crippen LogP contribution in [0, 0.1) is 11.6 Å². The third kappa shape index (κ3) is 4.22. The van der Waals surface area contributed by atoms with E-state index >= 15 is 0 Å². The highest BCUT2D eigenvalue weighted by molar-refractivity contribution is 6.30. The van der Waals surface area contributed by atoms with Crippen molar-refractivity contribution >= 4 is 17.5 Å². The van der Waals surface area contributed by atoms with Gasteiger partial charge >= 0.3 is 6.36 Å². The topological polar surface area (TPSA) is 65.4 Å². The molecule has 1 N–H and O–H groups in total. The number of hydrogen-bond acceptors (Lipinski definition) is 4. The van der Waals surface area contributed by atoms with Crippen LogP contribution in [-0.4, -0.2) is 46.2 Å². The number of halogens is 6. The summed E-state index contributed by atoms with van der Waals surface area (Å²) in [5.74, 6) is -1.93. The minimum absolute atomic E-state index is 0.0407. The molecule has 1 aromatic carbocycles. The molecule has 4 aliphatic rings. The van der Waals surface area contributed by atoms with Gasteiger partial charge in [0.2, 0.25) is 5.91 Å². The Morgan fingerprint density at radius 3 is 2.42 bits per heavy atom. The second kappa shape index (κ2) is 7.64. The molecular formula is C21H19ClF5N3O3. The molecule has 6 nitrogen and oxygen atoms in total. The first-order valence-corrected chi connectivity index (χ1v) is 10.7. The monoisotopic (exact) mass is 491 g/mol. The van der Waals surface area contributed by atoms with Gasteiger partial charge in [-0.05, 0) is 31.4 Å². The Morgan fingerprint density at radius 1 is 1.18 bits per heavy atom. The van der Waals surface area contributed by atoms with Crippen LogP contribution in [0.4, 0.5) is 22.0 Å². The number of hydrogen-bond donors (Lipinski definition) is 1. The molecule has 0 atom stereocenters. The predicted molar refractivity (Wildman–Crippen MR) is 105 cm³/mol. The van der Waals surface area contributed by atoms with Crippen LogP contribution in [0.3, 0.4) is 0 Å². The van der Waals surface area contributed by atoms with E-state index in [2.05, 4.69) is 15.0 Å². The van der Waals surface area contributed by atoms with Crippen molar-refractivity contribution in [2.45, 2.75) is 61.8 Å². The summed E-state index contributed by atoms with van der Waals surface area (Å²) in [6, 6.07) is 2.05. The molecule has 0 unspecified atom stereocenters. The van der Waals surface area contributed by atoms with E-state index in [-0.39, 0.29) is 52.7 Å². The number of nitrogens with one attached hydrogen (secondary N) is 1. The summed E-state index contributed by atoms with van der Waals surface area (Å²) >= 11 is 5.67. The van der Waals surface area contributed by atoms with Crippen molar-refractivity contribution in [2.75, 3.05) is 6.61 Å². The maximum absolute atomic E-state index is 14.2. The Kier molecular flexibility index (Phi) is 5.22. The molecule has 0 aliphatic heterocycles. The summed E-state index contributed by atoms with van der Waals surface area (Å²) in [6.07, 6.45) is -0.816. The fraction of sp³-hybridized carbons (Fsp3) is 0.524. The number of benzene rings is 1. The van der Waals surface area contributed by atoms with Crippen LogP contribution >= 0.6 is 11.6 Å². The highest BCUT2D eigenvalue weighted by Crippen LogP contribution is 2.65. The Labute approximate surface area is 190 Å². The lowest BCUT2D eigenvalue weighted by molar-refractivity contribution is -0.357. The highest BCUT2D eigenvalue weighted by Gasteiger charge is 2.69. The van der Waals surface area contributed by atoms with Crippen molar-refractivity contribution in [3.63, 3.8) is 0 Å². The van der Waals surface area contributed by atoms with Gasteiger partial charge < -0.3 is 14.6 Å². The van der Waals surface area contributed by atoms with Crippen molar-refractivity contribution in [1.82, 2.24) is 14.9 Å². The largest absolute Gasteiger partial charge is 0.522 e. The van der Waals surface area contributed by atoms with Crippen molar-refractivity contribution in [3.8, 4) is 11.3 Å². The molecule has 178 valence electrons. The molecular weight excluding hydrogens is 473 g/mol. The van der Waals surface area contributed by atoms with Crippen LogP contribution in [0.1, 0.15) is 32.1 Å². The first-order valence-electron chi connectivity index (χ1n) is 10.3. The van der Waals surface area contributed by atoms with E-state index in [9.17, 15) is 26.7 Å². The summed E-state index contributed by atoms with van der Waals surface area (Å²) in [5, 5.41) is 2.88. The van der Waals surface area contributed by atoms with Gasteiger partial charge in [-0.25, -0.2) is 13.8 Å². The molecule has 6 rings (SSSR count). The molecule has 0 radical (unpaired) electrons. The summed E-state index contributed by atoms with van der Waals surface area (Å²) in [6.45, 7) is -0.234. The van der Waals surface area contributed by atoms with Crippen LogP contribution < -0.4 is 5.32 Å². The summed E-state index contributed by atoms with van der Waals surface area (Å²) in [7, 11) is 0. The number of amides is 1. The second-order valence-electron chi connectivity index (χ2n) is 9.08. The zero-order valence-corrected chi connectivity index (χ0v) is 17.8. The quantitative estimate of drug-likeness (QED) is 0.586. The van der Waals surface area contributed by atoms with Crippen LogP contribution in [0.5, 0.6) is 0 Å². The molecule has 33 heavy (non-hydrogen) atoms. The van der Waals surface area contributed by atoms with Gasteiger partial charge in [0, 0.05) is 29.6 Å². The number of carbonyl (C=O) groups excluding carboxylic acids is 1. The fourth-order valence-corrected chi connectivity index (χ4v) is 5.29. The number of imidazole rings is 1. The lowest BCUT2D eigenvalue weighted by Crippen LogP contribution is -2.78. The van der Waals surface area contributed by atoms with Gasteiger partial charge in [-0.2, -0.15) is 0 Å². The molecule has 4 fully saturated rings. The van der Waals surface area contributed by atoms with Crippen LogP contribution in [0.2, 0.25) is 5.02 Å². The molecule has 4 aliphatic carbocycles. The molecule has 1 aromatic heterocycles. The third-order valence-electron chi connectivity index (χ3n) is 6.60. The second-order valence-corrected chi connectivity index (χ2v) is 9.52. The minimum atomic E-state index is -4.67. The average Bonchev–Trinajstić information content (AvgIpc) is 3.06. The van der Waals surface area contributed by atoms with E-state index in [4.69, 9.17) is 16.3 Å². The molecule has 0 saturated heterocycles. The lowest BCUT2D eigenvalue weighted by atomic mass is 9.44. The lowest BCUT2D eigenvalue weighted by Gasteiger charge is -2.70. The van der Waals surface area contributed by atoms with Gasteiger partial charge in [-0.1, -0.05) is 11.6 Å². The van der Waals surface area contributed by atoms with E-state index < -0.39 is 30.2 Å². The SMILES string of the molecule is O=C(COC1CC(OC(F)(F)F)C1)NC12CC(n3cnc(-c4c(F)cc(Cl)cc4F)c3)(C1)C2. The van der Waals surface area contributed by atoms with Gasteiger partial charge in [0.1, 0.15) is 18.2 Å². The molecule has 2 aromatic rings. The molecule has 4 saturated carbocycles. The van der Waals surface area contributed by atoms with Gasteiger partial charge in [-0.15, -0.1) is 13.2 Å². The fourth-order valence-electron chi connectivity index (χ4n) is 5.10. The number of alkyl halides is 3. The first-order chi connectivity index (χ1) is 15.5. The van der Waals surface area contributed by atoms with Crippen LogP contribution in [-0.2, 0) is 19.8 Å². The highest BCUT2D eigenvalue weighted by atomic mass is 35.5. The maximum atomic E-state index is 14.2. The predicted octanol–water partition coefficient (Wildman–Crippen LogP) is 4.31. The van der Waals surface area contributed by atoms with Crippen molar-refractivity contribution < 1.29 is 36.2 Å². The average molecular weight is 492 g/mol. The molecule has 1 heterocycles. The number of ether oxygens (including phenoxy) is 2. The number of nitrogens with zero attached hydrogens (tertiary/aromatic N) is 2. The first kappa shape index (κ1) is 22.5. The summed E-state index contributed by atoms with van der Waals surface area (Å²) in [4.78, 5) is 16.3. The molecule has 0 spiro atoms. The van der Waals surface area contributed by atoms with Gasteiger partial charge in [-0.3, -0.25) is 9.53 Å². The Balaban J connectivity index is 1.10. The van der Waals surface area contributed by atoms with Crippen molar-refractivity contribution in [1.29, 1.82) is 0 Å². The summed E-state index contributed by atoms with van der Waals surface area (Å²) in [5.41, 5.74) is -0.729. The standard InChI is InChI=1S/C21H19ClF5N3O3/c22-11-1-14(23)18(15(24)2-11)16-5-30(10-28-16)20-7-19(8-20,9-20)29-17(31)6-32-12-3-13(4-12)33-21(25,26)27/h1-2,5,10,12-13H,3-4,6-9H2,(H,29,31). The third-order valence-corrected chi connectivity index (χ3v) is 6.82. The Morgan fingerprint density at radius 2 is 1.82 bits per heavy atom. The number of rotatable bonds is 7. The maximum Gasteiger partial charge on any atom is 0.522 e. The van der Waals surface area contributed by atoms with E-state index in [1.165, 1.54) is 6.33 Å². The van der Waals surface area contributed by atoms with Crippen LogP contribution in [0.15, 0.2) is 24.7 Å².